The van der Waals surface area contributed by atoms with Crippen molar-refractivity contribution >= 4 is 54.0 Å². The van der Waals surface area contributed by atoms with E-state index in [0.717, 1.165) is 34.5 Å². The van der Waals surface area contributed by atoms with Gasteiger partial charge >= 0.3 is 0 Å². The lowest BCUT2D eigenvalue weighted by molar-refractivity contribution is -0.118. The first kappa shape index (κ1) is 18.6. The van der Waals surface area contributed by atoms with Gasteiger partial charge in [0.05, 0.1) is 20.1 Å². The van der Waals surface area contributed by atoms with Crippen LogP contribution >= 0.6 is 22.9 Å². The molecule has 3 rings (SSSR count). The number of aromatic nitrogens is 1. The van der Waals surface area contributed by atoms with Gasteiger partial charge in [0.1, 0.15) is 11.6 Å². The molecule has 0 unspecified atom stereocenters. The summed E-state index contributed by atoms with van der Waals surface area (Å²) in [7, 11) is -3.88. The maximum Gasteiger partial charge on any atom is 0.253 e. The second kappa shape index (κ2) is 7.18. The molecule has 1 amide bonds. The van der Waals surface area contributed by atoms with E-state index in [0.29, 0.717) is 15.7 Å². The molecule has 0 radical (unpaired) electrons. The van der Waals surface area contributed by atoms with E-state index in [-0.39, 0.29) is 4.90 Å². The van der Waals surface area contributed by atoms with Gasteiger partial charge in [-0.2, -0.15) is 0 Å². The summed E-state index contributed by atoms with van der Waals surface area (Å²) in [5.41, 5.74) is 6.53. The molecule has 0 aliphatic rings. The van der Waals surface area contributed by atoms with Gasteiger partial charge in [0.2, 0.25) is 5.13 Å². The van der Waals surface area contributed by atoms with Gasteiger partial charge in [-0.05, 0) is 42.8 Å². The third kappa shape index (κ3) is 3.95. The lowest BCUT2D eigenvalue weighted by Crippen LogP contribution is -2.34. The number of nitrogens with zero attached hydrogens (tertiary/aromatic N) is 1. The Morgan fingerprint density at radius 3 is 2.58 bits per heavy atom. The number of anilines is 1. The SMILES string of the molecule is Cc1ccc(Cl)c2sc(NNC(=O)CS(=O)(=O)c3ccc(F)cc3)nc12. The Hall–Kier alpha value is -2.23. The van der Waals surface area contributed by atoms with Crippen LogP contribution in [0.2, 0.25) is 5.02 Å². The number of rotatable bonds is 5. The maximum absolute atomic E-state index is 12.9. The van der Waals surface area contributed by atoms with Crippen molar-refractivity contribution < 1.29 is 17.6 Å². The lowest BCUT2D eigenvalue weighted by Gasteiger charge is -2.06. The van der Waals surface area contributed by atoms with Crippen LogP contribution in [0.3, 0.4) is 0 Å². The summed E-state index contributed by atoms with van der Waals surface area (Å²) >= 11 is 7.36. The molecule has 10 heteroatoms. The van der Waals surface area contributed by atoms with E-state index in [1.54, 1.807) is 6.07 Å². The predicted molar refractivity (Wildman–Crippen MR) is 99.6 cm³/mol. The second-order valence-electron chi connectivity index (χ2n) is 5.45. The van der Waals surface area contributed by atoms with Gasteiger partial charge in [0.25, 0.3) is 5.91 Å². The maximum atomic E-state index is 12.9. The summed E-state index contributed by atoms with van der Waals surface area (Å²) in [6.45, 7) is 1.88. The summed E-state index contributed by atoms with van der Waals surface area (Å²) in [4.78, 5) is 16.1. The predicted octanol–water partition coefficient (Wildman–Crippen LogP) is 3.31. The van der Waals surface area contributed by atoms with E-state index < -0.39 is 27.3 Å². The van der Waals surface area contributed by atoms with Crippen LogP contribution in [0.15, 0.2) is 41.3 Å². The van der Waals surface area contributed by atoms with Crippen LogP contribution in [0.5, 0.6) is 0 Å². The zero-order valence-corrected chi connectivity index (χ0v) is 15.8. The number of fused-ring (bicyclic) bond motifs is 1. The van der Waals surface area contributed by atoms with Crippen LogP contribution < -0.4 is 10.9 Å². The van der Waals surface area contributed by atoms with Gasteiger partial charge in [-0.25, -0.2) is 17.8 Å². The number of aryl methyl sites for hydroxylation is 1. The van der Waals surface area contributed by atoms with E-state index >= 15 is 0 Å². The Labute approximate surface area is 157 Å². The van der Waals surface area contributed by atoms with Crippen LogP contribution in [-0.4, -0.2) is 25.1 Å². The number of hydrogen-bond donors (Lipinski definition) is 2. The Kier molecular flexibility index (Phi) is 5.12. The molecule has 0 saturated heterocycles. The van der Waals surface area contributed by atoms with Crippen molar-refractivity contribution in [3.05, 3.63) is 52.8 Å². The number of hydrogen-bond acceptors (Lipinski definition) is 6. The number of nitrogens with one attached hydrogen (secondary N) is 2. The molecule has 0 spiro atoms. The van der Waals surface area contributed by atoms with Crippen LogP contribution in [0.4, 0.5) is 9.52 Å². The summed E-state index contributed by atoms with van der Waals surface area (Å²) in [5.74, 6) is -2.10. The Morgan fingerprint density at radius 2 is 1.92 bits per heavy atom. The summed E-state index contributed by atoms with van der Waals surface area (Å²) in [5, 5.41) is 0.921. The molecule has 2 N–H and O–H groups in total. The van der Waals surface area contributed by atoms with Gasteiger partial charge in [-0.3, -0.25) is 15.6 Å². The number of sulfone groups is 1. The first-order chi connectivity index (χ1) is 12.3. The van der Waals surface area contributed by atoms with E-state index in [9.17, 15) is 17.6 Å². The molecule has 0 aliphatic heterocycles. The number of carbonyl (C=O) groups is 1. The van der Waals surface area contributed by atoms with Gasteiger partial charge < -0.3 is 0 Å². The molecule has 0 fully saturated rings. The average molecular weight is 414 g/mol. The minimum atomic E-state index is -3.88. The van der Waals surface area contributed by atoms with E-state index in [4.69, 9.17) is 11.6 Å². The Bertz CT molecular complexity index is 1040. The third-order valence-corrected chi connectivity index (χ3v) is 6.56. The highest BCUT2D eigenvalue weighted by Crippen LogP contribution is 2.33. The Balaban J connectivity index is 1.68. The smallest absolute Gasteiger partial charge is 0.253 e. The highest BCUT2D eigenvalue weighted by molar-refractivity contribution is 7.92. The molecular weight excluding hydrogens is 401 g/mol. The van der Waals surface area contributed by atoms with Crippen molar-refractivity contribution in [1.29, 1.82) is 0 Å². The van der Waals surface area contributed by atoms with Gasteiger partial charge in [-0.1, -0.05) is 29.0 Å². The Morgan fingerprint density at radius 1 is 1.23 bits per heavy atom. The zero-order valence-electron chi connectivity index (χ0n) is 13.4. The number of benzene rings is 2. The fraction of sp³-hybridized carbons (Fsp3) is 0.125. The molecule has 6 nitrogen and oxygen atoms in total. The topological polar surface area (TPSA) is 88.2 Å². The fourth-order valence-corrected chi connectivity index (χ4v) is 4.52. The number of halogens is 2. The summed E-state index contributed by atoms with van der Waals surface area (Å²) in [6, 6.07) is 7.87. The van der Waals surface area contributed by atoms with Crippen molar-refractivity contribution in [2.45, 2.75) is 11.8 Å². The molecule has 136 valence electrons. The molecule has 0 aliphatic carbocycles. The fourth-order valence-electron chi connectivity index (χ4n) is 2.21. The van der Waals surface area contributed by atoms with Gasteiger partial charge in [0, 0.05) is 0 Å². The quantitative estimate of drug-likeness (QED) is 0.495. The number of thiazole rings is 1. The normalized spacial score (nSPS) is 11.5. The molecule has 3 aromatic rings. The first-order valence-corrected chi connectivity index (χ1v) is 10.2. The van der Waals surface area contributed by atoms with Crippen molar-refractivity contribution in [2.24, 2.45) is 0 Å². The van der Waals surface area contributed by atoms with Crippen molar-refractivity contribution in [1.82, 2.24) is 10.4 Å². The molecule has 0 saturated carbocycles. The van der Waals surface area contributed by atoms with E-state index in [1.807, 2.05) is 13.0 Å². The van der Waals surface area contributed by atoms with Crippen LogP contribution in [0.25, 0.3) is 10.2 Å². The standard InChI is InChI=1S/C16H13ClFN3O3S2/c1-9-2-7-12(17)15-14(9)19-16(25-15)21-20-13(22)8-26(23,24)11-5-3-10(18)4-6-11/h2-7H,8H2,1H3,(H,19,21)(H,20,22). The molecule has 26 heavy (non-hydrogen) atoms. The van der Waals surface area contributed by atoms with Gasteiger partial charge in [0.15, 0.2) is 9.84 Å². The third-order valence-electron chi connectivity index (χ3n) is 3.50. The highest BCUT2D eigenvalue weighted by atomic mass is 35.5. The van der Waals surface area contributed by atoms with E-state index in [2.05, 4.69) is 15.8 Å². The monoisotopic (exact) mass is 413 g/mol. The minimum absolute atomic E-state index is 0.128. The minimum Gasteiger partial charge on any atom is -0.273 e. The molecule has 0 bridgehead atoms. The van der Waals surface area contributed by atoms with E-state index in [1.165, 1.54) is 11.3 Å². The zero-order chi connectivity index (χ0) is 18.9. The summed E-state index contributed by atoms with van der Waals surface area (Å²) in [6.07, 6.45) is 0. The molecule has 2 aromatic carbocycles. The second-order valence-corrected chi connectivity index (χ2v) is 8.84. The molecule has 1 aromatic heterocycles. The molecular formula is C16H13ClFN3O3S2. The average Bonchev–Trinajstić information content (AvgIpc) is 3.02. The summed E-state index contributed by atoms with van der Waals surface area (Å²) < 4.78 is 38.0. The first-order valence-electron chi connectivity index (χ1n) is 7.35. The molecule has 0 atom stereocenters. The van der Waals surface area contributed by atoms with Crippen LogP contribution in [-0.2, 0) is 14.6 Å². The van der Waals surface area contributed by atoms with Crippen molar-refractivity contribution in [2.75, 3.05) is 11.2 Å². The number of amides is 1. The highest BCUT2D eigenvalue weighted by Gasteiger charge is 2.19. The number of hydrazine groups is 1. The molecule has 1 heterocycles. The van der Waals surface area contributed by atoms with Crippen molar-refractivity contribution in [3.8, 4) is 0 Å². The largest absolute Gasteiger partial charge is 0.273 e. The van der Waals surface area contributed by atoms with Crippen molar-refractivity contribution in [3.63, 3.8) is 0 Å². The number of carbonyl (C=O) groups excluding carboxylic acids is 1. The van der Waals surface area contributed by atoms with Gasteiger partial charge in [-0.15, -0.1) is 0 Å². The van der Waals surface area contributed by atoms with Crippen LogP contribution in [0.1, 0.15) is 5.56 Å². The van der Waals surface area contributed by atoms with Crippen LogP contribution in [0, 0.1) is 12.7 Å². The lowest BCUT2D eigenvalue weighted by atomic mass is 10.2.